The van der Waals surface area contributed by atoms with Crippen molar-refractivity contribution in [3.8, 4) is 11.5 Å². The summed E-state index contributed by atoms with van der Waals surface area (Å²) in [5.74, 6) is -1.59. The first-order chi connectivity index (χ1) is 16.9. The minimum absolute atomic E-state index is 0.0222. The second kappa shape index (κ2) is 10.9. The number of esters is 1. The van der Waals surface area contributed by atoms with Gasteiger partial charge in [0.15, 0.2) is 17.4 Å². The number of piperazine rings is 1. The Bertz CT molecular complexity index is 1100. The highest BCUT2D eigenvalue weighted by Gasteiger charge is 2.42. The first-order valence-corrected chi connectivity index (χ1v) is 12.1. The zero-order valence-electron chi connectivity index (χ0n) is 19.7. The van der Waals surface area contributed by atoms with Gasteiger partial charge in [-0.25, -0.2) is 4.99 Å². The van der Waals surface area contributed by atoms with Gasteiger partial charge in [0.05, 0.1) is 13.2 Å². The van der Waals surface area contributed by atoms with E-state index in [9.17, 15) is 14.7 Å². The minimum atomic E-state index is -1.15. The molecule has 1 amide bonds. The molecule has 9 nitrogen and oxygen atoms in total. The van der Waals surface area contributed by atoms with Crippen LogP contribution in [-0.4, -0.2) is 67.2 Å². The molecule has 0 saturated carbocycles. The van der Waals surface area contributed by atoms with Gasteiger partial charge in [-0.1, -0.05) is 17.7 Å². The molecule has 2 atom stereocenters. The molecule has 2 aliphatic rings. The minimum Gasteiger partial charge on any atom is -0.504 e. The van der Waals surface area contributed by atoms with E-state index < -0.39 is 23.8 Å². The number of ether oxygens (including phenoxy) is 2. The molecular formula is C25H29ClN4O5. The highest BCUT2D eigenvalue weighted by molar-refractivity contribution is 6.30. The van der Waals surface area contributed by atoms with Crippen LogP contribution in [0.4, 0.5) is 5.69 Å². The molecule has 0 spiro atoms. The maximum Gasteiger partial charge on any atom is 0.321 e. The van der Waals surface area contributed by atoms with Crippen molar-refractivity contribution in [2.24, 2.45) is 10.9 Å². The fourth-order valence-corrected chi connectivity index (χ4v) is 4.41. The van der Waals surface area contributed by atoms with E-state index in [0.717, 1.165) is 18.8 Å². The Morgan fingerprint density at radius 2 is 1.77 bits per heavy atom. The molecule has 10 heteroatoms. The molecule has 0 aliphatic carbocycles. The van der Waals surface area contributed by atoms with Crippen LogP contribution in [0.1, 0.15) is 25.5 Å². The molecule has 1 fully saturated rings. The summed E-state index contributed by atoms with van der Waals surface area (Å²) >= 11 is 6.01. The van der Waals surface area contributed by atoms with Gasteiger partial charge in [-0.15, -0.1) is 0 Å². The number of carbonyl (C=O) groups is 2. The Morgan fingerprint density at radius 1 is 1.09 bits per heavy atom. The normalized spacial score (nSPS) is 20.2. The van der Waals surface area contributed by atoms with Gasteiger partial charge in [-0.05, 0) is 55.8 Å². The van der Waals surface area contributed by atoms with Crippen molar-refractivity contribution >= 4 is 35.1 Å². The van der Waals surface area contributed by atoms with Crippen LogP contribution in [0.2, 0.25) is 5.02 Å². The van der Waals surface area contributed by atoms with Crippen LogP contribution in [0.15, 0.2) is 47.5 Å². The lowest BCUT2D eigenvalue weighted by Gasteiger charge is -2.39. The topological polar surface area (TPSA) is 104 Å². The fourth-order valence-electron chi connectivity index (χ4n) is 4.28. The fraction of sp³-hybridized carbons (Fsp3) is 0.400. The van der Waals surface area contributed by atoms with E-state index in [1.807, 2.05) is 36.1 Å². The SMILES string of the molecule is CCOC(=O)C1C(=O)NC(N2CCN(c3ccc(Cl)cc3)CC2)=NC1c1ccc(O)c(OCC)c1. The van der Waals surface area contributed by atoms with E-state index in [4.69, 9.17) is 26.1 Å². The number of amides is 1. The number of nitrogens with one attached hydrogen (secondary N) is 1. The highest BCUT2D eigenvalue weighted by Crippen LogP contribution is 2.36. The maximum absolute atomic E-state index is 13.1. The quantitative estimate of drug-likeness (QED) is 0.464. The van der Waals surface area contributed by atoms with E-state index >= 15 is 0 Å². The van der Waals surface area contributed by atoms with Gasteiger partial charge in [-0.2, -0.15) is 0 Å². The Labute approximate surface area is 209 Å². The van der Waals surface area contributed by atoms with Crippen molar-refractivity contribution in [2.75, 3.05) is 44.3 Å². The highest BCUT2D eigenvalue weighted by atomic mass is 35.5. The number of rotatable bonds is 6. The molecule has 0 aromatic heterocycles. The molecule has 1 saturated heterocycles. The van der Waals surface area contributed by atoms with Crippen molar-refractivity contribution in [2.45, 2.75) is 19.9 Å². The third-order valence-corrected chi connectivity index (χ3v) is 6.28. The van der Waals surface area contributed by atoms with Crippen LogP contribution < -0.4 is 15.0 Å². The van der Waals surface area contributed by atoms with E-state index in [1.165, 1.54) is 6.07 Å². The van der Waals surface area contributed by atoms with Crippen molar-refractivity contribution in [1.82, 2.24) is 10.2 Å². The molecule has 0 bridgehead atoms. The summed E-state index contributed by atoms with van der Waals surface area (Å²) in [6.45, 7) is 6.75. The Hall–Kier alpha value is -3.46. The van der Waals surface area contributed by atoms with Gasteiger partial charge in [-0.3, -0.25) is 14.9 Å². The second-order valence-corrected chi connectivity index (χ2v) is 8.66. The van der Waals surface area contributed by atoms with E-state index in [1.54, 1.807) is 19.1 Å². The number of phenolic OH excluding ortho intramolecular Hbond substituents is 1. The van der Waals surface area contributed by atoms with Gasteiger partial charge in [0.25, 0.3) is 0 Å². The number of hydrogen-bond donors (Lipinski definition) is 2. The number of hydrogen-bond acceptors (Lipinski definition) is 8. The number of carbonyl (C=O) groups excluding carboxylic acids is 2. The van der Waals surface area contributed by atoms with Crippen molar-refractivity contribution < 1.29 is 24.2 Å². The number of halogens is 1. The summed E-state index contributed by atoms with van der Waals surface area (Å²) in [6.07, 6.45) is 0. The molecule has 2 heterocycles. The molecule has 2 aromatic rings. The van der Waals surface area contributed by atoms with Gasteiger partial charge >= 0.3 is 5.97 Å². The Balaban J connectivity index is 1.59. The predicted octanol–water partition coefficient (Wildman–Crippen LogP) is 2.97. The lowest BCUT2D eigenvalue weighted by molar-refractivity contribution is -0.153. The molecule has 2 aliphatic heterocycles. The Morgan fingerprint density at radius 3 is 2.43 bits per heavy atom. The molecule has 2 unspecified atom stereocenters. The number of aliphatic imine (C=N–C) groups is 1. The molecule has 2 aromatic carbocycles. The summed E-state index contributed by atoms with van der Waals surface area (Å²) in [5.41, 5.74) is 1.66. The standard InChI is InChI=1S/C25H29ClN4O5/c1-3-34-20-15-16(5-10-19(20)31)22-21(24(33)35-4-2)23(32)28-25(27-22)30-13-11-29(12-14-30)18-8-6-17(26)7-9-18/h5-10,15,21-22,31H,3-4,11-14H2,1-2H3,(H,27,28,32). The van der Waals surface area contributed by atoms with Crippen LogP contribution in [0.3, 0.4) is 0 Å². The van der Waals surface area contributed by atoms with Crippen LogP contribution in [0, 0.1) is 5.92 Å². The average Bonchev–Trinajstić information content (AvgIpc) is 2.86. The van der Waals surface area contributed by atoms with Crippen molar-refractivity contribution in [3.05, 3.63) is 53.1 Å². The zero-order valence-corrected chi connectivity index (χ0v) is 20.5. The summed E-state index contributed by atoms with van der Waals surface area (Å²) in [5, 5.41) is 13.6. The largest absolute Gasteiger partial charge is 0.504 e. The van der Waals surface area contributed by atoms with E-state index in [2.05, 4.69) is 10.2 Å². The number of anilines is 1. The first kappa shape index (κ1) is 24.7. The summed E-state index contributed by atoms with van der Waals surface area (Å²) in [7, 11) is 0. The lowest BCUT2D eigenvalue weighted by atomic mass is 9.91. The smallest absolute Gasteiger partial charge is 0.321 e. The van der Waals surface area contributed by atoms with Crippen molar-refractivity contribution in [1.29, 1.82) is 0 Å². The number of phenols is 1. The maximum atomic E-state index is 13.1. The predicted molar refractivity (Wildman–Crippen MR) is 133 cm³/mol. The van der Waals surface area contributed by atoms with Crippen LogP contribution in [0.25, 0.3) is 0 Å². The molecule has 0 radical (unpaired) electrons. The van der Waals surface area contributed by atoms with Crippen LogP contribution in [-0.2, 0) is 14.3 Å². The van der Waals surface area contributed by atoms with Gasteiger partial charge in [0.2, 0.25) is 11.9 Å². The molecule has 186 valence electrons. The van der Waals surface area contributed by atoms with Crippen LogP contribution in [0.5, 0.6) is 11.5 Å². The average molecular weight is 501 g/mol. The molecule has 4 rings (SSSR count). The molecular weight excluding hydrogens is 472 g/mol. The summed E-state index contributed by atoms with van der Waals surface area (Å²) in [4.78, 5) is 34.9. The number of nitrogens with zero attached hydrogens (tertiary/aromatic N) is 3. The van der Waals surface area contributed by atoms with E-state index in [0.29, 0.717) is 36.2 Å². The number of guanidine groups is 1. The monoisotopic (exact) mass is 500 g/mol. The Kier molecular flexibility index (Phi) is 7.65. The number of aromatic hydroxyl groups is 1. The summed E-state index contributed by atoms with van der Waals surface area (Å²) < 4.78 is 10.7. The van der Waals surface area contributed by atoms with Gasteiger partial charge < -0.3 is 24.4 Å². The third-order valence-electron chi connectivity index (χ3n) is 6.03. The van der Waals surface area contributed by atoms with Crippen LogP contribution >= 0.6 is 11.6 Å². The zero-order chi connectivity index (χ0) is 24.9. The molecule has 35 heavy (non-hydrogen) atoms. The summed E-state index contributed by atoms with van der Waals surface area (Å²) in [6, 6.07) is 11.6. The third kappa shape index (κ3) is 5.45. The number of benzene rings is 2. The van der Waals surface area contributed by atoms with Gasteiger partial charge in [0.1, 0.15) is 6.04 Å². The molecule has 2 N–H and O–H groups in total. The lowest BCUT2D eigenvalue weighted by Crippen LogP contribution is -2.57. The van der Waals surface area contributed by atoms with Gasteiger partial charge in [0, 0.05) is 36.9 Å². The van der Waals surface area contributed by atoms with E-state index in [-0.39, 0.29) is 18.1 Å². The first-order valence-electron chi connectivity index (χ1n) is 11.7. The second-order valence-electron chi connectivity index (χ2n) is 8.23. The van der Waals surface area contributed by atoms with Crippen molar-refractivity contribution in [3.63, 3.8) is 0 Å².